The predicted molar refractivity (Wildman–Crippen MR) is 120 cm³/mol. The van der Waals surface area contributed by atoms with Crippen molar-refractivity contribution < 1.29 is 4.74 Å². The van der Waals surface area contributed by atoms with Gasteiger partial charge in [-0.1, -0.05) is 51.1 Å². The van der Waals surface area contributed by atoms with Crippen LogP contribution >= 0.6 is 0 Å². The van der Waals surface area contributed by atoms with Crippen LogP contribution in [0.4, 0.5) is 17.5 Å². The van der Waals surface area contributed by atoms with E-state index < -0.39 is 0 Å². The Labute approximate surface area is 173 Å². The zero-order chi connectivity index (χ0) is 20.9. The van der Waals surface area contributed by atoms with Gasteiger partial charge in [0.05, 0.1) is 7.11 Å². The van der Waals surface area contributed by atoms with Gasteiger partial charge in [0.25, 0.3) is 0 Å². The largest absolute Gasteiger partial charge is 0.496 e. The average Bonchev–Trinajstić information content (AvgIpc) is 2.68. The number of rotatable bonds is 7. The second kappa shape index (κ2) is 8.95. The SMILES string of the molecule is COc1ccccc1CCNc1cc(C)nc(Nc2ccc(C(C)(C)C)cc2)n1. The Hall–Kier alpha value is -3.08. The van der Waals surface area contributed by atoms with Crippen LogP contribution in [0.25, 0.3) is 0 Å². The summed E-state index contributed by atoms with van der Waals surface area (Å²) in [6.07, 6.45) is 0.851. The molecule has 5 heteroatoms. The number of benzene rings is 2. The third-order valence-corrected chi connectivity index (χ3v) is 4.75. The van der Waals surface area contributed by atoms with E-state index in [1.54, 1.807) is 7.11 Å². The van der Waals surface area contributed by atoms with Gasteiger partial charge in [0.1, 0.15) is 11.6 Å². The Morgan fingerprint density at radius 2 is 1.69 bits per heavy atom. The van der Waals surface area contributed by atoms with Crippen LogP contribution in [0.1, 0.15) is 37.6 Å². The van der Waals surface area contributed by atoms with Crippen LogP contribution in [0.5, 0.6) is 5.75 Å². The molecule has 3 aromatic rings. The minimum Gasteiger partial charge on any atom is -0.496 e. The van der Waals surface area contributed by atoms with Crippen molar-refractivity contribution in [3.63, 3.8) is 0 Å². The first kappa shape index (κ1) is 20.6. The van der Waals surface area contributed by atoms with Crippen LogP contribution in [-0.2, 0) is 11.8 Å². The molecule has 0 fully saturated rings. The molecule has 3 rings (SSSR count). The summed E-state index contributed by atoms with van der Waals surface area (Å²) in [5.41, 5.74) is 4.49. The maximum absolute atomic E-state index is 5.42. The molecule has 0 bridgehead atoms. The van der Waals surface area contributed by atoms with Gasteiger partial charge in [0.2, 0.25) is 5.95 Å². The van der Waals surface area contributed by atoms with Crippen LogP contribution in [0.3, 0.4) is 0 Å². The van der Waals surface area contributed by atoms with E-state index >= 15 is 0 Å². The molecule has 152 valence electrons. The van der Waals surface area contributed by atoms with E-state index in [-0.39, 0.29) is 5.41 Å². The lowest BCUT2D eigenvalue weighted by Crippen LogP contribution is -2.11. The summed E-state index contributed by atoms with van der Waals surface area (Å²) in [7, 11) is 1.70. The number of nitrogens with one attached hydrogen (secondary N) is 2. The number of ether oxygens (including phenoxy) is 1. The second-order valence-electron chi connectivity index (χ2n) is 8.16. The first-order chi connectivity index (χ1) is 13.8. The topological polar surface area (TPSA) is 59.1 Å². The zero-order valence-corrected chi connectivity index (χ0v) is 17.9. The number of nitrogens with zero attached hydrogens (tertiary/aromatic N) is 2. The Kier molecular flexibility index (Phi) is 6.37. The van der Waals surface area contributed by atoms with E-state index in [2.05, 4.69) is 71.7 Å². The molecule has 0 saturated heterocycles. The van der Waals surface area contributed by atoms with Crippen LogP contribution in [0.2, 0.25) is 0 Å². The van der Waals surface area contributed by atoms with Crippen LogP contribution in [-0.4, -0.2) is 23.6 Å². The molecule has 2 aromatic carbocycles. The summed E-state index contributed by atoms with van der Waals surface area (Å²) < 4.78 is 5.42. The van der Waals surface area contributed by atoms with Gasteiger partial charge in [-0.15, -0.1) is 0 Å². The summed E-state index contributed by atoms with van der Waals surface area (Å²) in [5, 5.41) is 6.70. The van der Waals surface area contributed by atoms with E-state index in [9.17, 15) is 0 Å². The molecule has 0 spiro atoms. The fourth-order valence-electron chi connectivity index (χ4n) is 3.13. The first-order valence-corrected chi connectivity index (χ1v) is 9.94. The Morgan fingerprint density at radius 3 is 2.38 bits per heavy atom. The minimum absolute atomic E-state index is 0.136. The van der Waals surface area contributed by atoms with Crippen LogP contribution in [0, 0.1) is 6.92 Å². The molecule has 29 heavy (non-hydrogen) atoms. The molecular formula is C24H30N4O. The van der Waals surface area contributed by atoms with Crippen LogP contribution in [0.15, 0.2) is 54.6 Å². The summed E-state index contributed by atoms with van der Waals surface area (Å²) in [6, 6.07) is 18.5. The van der Waals surface area contributed by atoms with E-state index in [4.69, 9.17) is 4.74 Å². The van der Waals surface area contributed by atoms with Crippen molar-refractivity contribution in [2.45, 2.75) is 39.5 Å². The molecule has 0 saturated carbocycles. The molecular weight excluding hydrogens is 360 g/mol. The first-order valence-electron chi connectivity index (χ1n) is 9.94. The lowest BCUT2D eigenvalue weighted by molar-refractivity contribution is 0.410. The van der Waals surface area contributed by atoms with Gasteiger partial charge in [-0.3, -0.25) is 0 Å². The van der Waals surface area contributed by atoms with Crippen molar-refractivity contribution in [1.29, 1.82) is 0 Å². The maximum Gasteiger partial charge on any atom is 0.229 e. The molecule has 0 aliphatic heterocycles. The highest BCUT2D eigenvalue weighted by molar-refractivity contribution is 5.56. The number of anilines is 3. The molecule has 0 radical (unpaired) electrons. The number of aryl methyl sites for hydroxylation is 1. The molecule has 0 atom stereocenters. The highest BCUT2D eigenvalue weighted by Crippen LogP contribution is 2.24. The van der Waals surface area contributed by atoms with Crippen molar-refractivity contribution in [2.75, 3.05) is 24.3 Å². The van der Waals surface area contributed by atoms with Gasteiger partial charge in [0, 0.05) is 24.0 Å². The number of methoxy groups -OCH3 is 1. The fraction of sp³-hybridized carbons (Fsp3) is 0.333. The second-order valence-corrected chi connectivity index (χ2v) is 8.16. The highest BCUT2D eigenvalue weighted by Gasteiger charge is 2.13. The van der Waals surface area contributed by atoms with E-state index in [0.29, 0.717) is 5.95 Å². The molecule has 0 aliphatic rings. The van der Waals surface area contributed by atoms with Gasteiger partial charge >= 0.3 is 0 Å². The highest BCUT2D eigenvalue weighted by atomic mass is 16.5. The lowest BCUT2D eigenvalue weighted by atomic mass is 9.87. The lowest BCUT2D eigenvalue weighted by Gasteiger charge is -2.19. The molecule has 1 heterocycles. The fourth-order valence-corrected chi connectivity index (χ4v) is 3.13. The Morgan fingerprint density at radius 1 is 0.966 bits per heavy atom. The summed E-state index contributed by atoms with van der Waals surface area (Å²) in [4.78, 5) is 9.12. The molecule has 5 nitrogen and oxygen atoms in total. The third kappa shape index (κ3) is 5.70. The summed E-state index contributed by atoms with van der Waals surface area (Å²) >= 11 is 0. The molecule has 2 N–H and O–H groups in total. The van der Waals surface area contributed by atoms with Gasteiger partial charge < -0.3 is 15.4 Å². The smallest absolute Gasteiger partial charge is 0.229 e. The van der Waals surface area contributed by atoms with Crippen molar-refractivity contribution >= 4 is 17.5 Å². The quantitative estimate of drug-likeness (QED) is 0.559. The Bertz CT molecular complexity index is 946. The van der Waals surface area contributed by atoms with Gasteiger partial charge in [0.15, 0.2) is 0 Å². The Balaban J connectivity index is 1.65. The summed E-state index contributed by atoms with van der Waals surface area (Å²) in [6.45, 7) is 9.36. The van der Waals surface area contributed by atoms with Crippen LogP contribution < -0.4 is 15.4 Å². The maximum atomic E-state index is 5.42. The van der Waals surface area contributed by atoms with Gasteiger partial charge in [-0.2, -0.15) is 4.98 Å². The normalized spacial score (nSPS) is 11.2. The van der Waals surface area contributed by atoms with E-state index in [0.717, 1.165) is 35.9 Å². The van der Waals surface area contributed by atoms with Crippen molar-refractivity contribution in [2.24, 2.45) is 0 Å². The van der Waals surface area contributed by atoms with Gasteiger partial charge in [-0.05, 0) is 48.1 Å². The van der Waals surface area contributed by atoms with Crippen molar-refractivity contribution in [3.8, 4) is 5.75 Å². The predicted octanol–water partition coefficient (Wildman–Crippen LogP) is 5.49. The molecule has 0 amide bonds. The average molecular weight is 391 g/mol. The monoisotopic (exact) mass is 390 g/mol. The van der Waals surface area contributed by atoms with Crippen molar-refractivity contribution in [3.05, 3.63) is 71.4 Å². The number of aromatic nitrogens is 2. The standard InChI is InChI=1S/C24H30N4O/c1-17-16-22(25-15-14-18-8-6-7-9-21(18)29-5)28-23(26-17)27-20-12-10-19(11-13-20)24(2,3)4/h6-13,16H,14-15H2,1-5H3,(H2,25,26,27,28). The summed E-state index contributed by atoms with van der Waals surface area (Å²) in [5.74, 6) is 2.31. The number of hydrogen-bond acceptors (Lipinski definition) is 5. The number of para-hydroxylation sites is 1. The van der Waals surface area contributed by atoms with Gasteiger partial charge in [-0.25, -0.2) is 4.98 Å². The zero-order valence-electron chi connectivity index (χ0n) is 17.9. The molecule has 0 aliphatic carbocycles. The number of hydrogen-bond donors (Lipinski definition) is 2. The van der Waals surface area contributed by atoms with E-state index in [1.807, 2.05) is 31.2 Å². The third-order valence-electron chi connectivity index (χ3n) is 4.75. The minimum atomic E-state index is 0.136. The van der Waals surface area contributed by atoms with E-state index in [1.165, 1.54) is 11.1 Å². The van der Waals surface area contributed by atoms with Crippen molar-refractivity contribution in [1.82, 2.24) is 9.97 Å². The molecule has 1 aromatic heterocycles. The molecule has 0 unspecified atom stereocenters.